The molecule has 0 aromatic heterocycles. The van der Waals surface area contributed by atoms with Crippen molar-refractivity contribution in [2.75, 3.05) is 34.1 Å². The summed E-state index contributed by atoms with van der Waals surface area (Å²) in [7, 11) is 2.35. The highest BCUT2D eigenvalue weighted by Crippen LogP contribution is 2.10. The van der Waals surface area contributed by atoms with Crippen LogP contribution in [0, 0.1) is 5.92 Å². The Morgan fingerprint density at radius 3 is 2.11 bits per heavy atom. The van der Waals surface area contributed by atoms with Crippen molar-refractivity contribution in [3.8, 4) is 0 Å². The number of amides is 2. The maximum absolute atomic E-state index is 12.6. The van der Waals surface area contributed by atoms with Crippen molar-refractivity contribution < 1.29 is 27.8 Å². The van der Waals surface area contributed by atoms with E-state index in [0.29, 0.717) is 0 Å². The molecule has 0 saturated carbocycles. The summed E-state index contributed by atoms with van der Waals surface area (Å²) in [5, 5.41) is 4.69. The molecule has 0 spiro atoms. The van der Waals surface area contributed by atoms with Crippen LogP contribution in [0.25, 0.3) is 0 Å². The first-order valence-electron chi connectivity index (χ1n) is 5.37. The molecule has 2 amide bonds. The minimum atomic E-state index is -0.969. The molecule has 0 radical (unpaired) electrons. The number of carbonyl (C=O) groups is 2. The van der Waals surface area contributed by atoms with E-state index >= 15 is 0 Å². The van der Waals surface area contributed by atoms with Gasteiger partial charge in [0.2, 0.25) is 0 Å². The predicted octanol–water partition coefficient (Wildman–Crippen LogP) is 1.01. The van der Waals surface area contributed by atoms with Gasteiger partial charge in [0.1, 0.15) is 0 Å². The fourth-order valence-corrected chi connectivity index (χ4v) is 1.29. The molecule has 2 N–H and O–H groups in total. The van der Waals surface area contributed by atoms with Crippen LogP contribution in [-0.2, 0) is 9.47 Å². The molecule has 8 heteroatoms. The lowest BCUT2D eigenvalue weighted by molar-refractivity contribution is 0.150. The highest BCUT2D eigenvalue weighted by atomic mass is 19.1. The molecule has 6 nitrogen and oxygen atoms in total. The molecular weight excluding hydrogens is 250 g/mol. The molecule has 18 heavy (non-hydrogen) atoms. The molecule has 0 rings (SSSR count). The van der Waals surface area contributed by atoms with Gasteiger partial charge in [0.15, 0.2) is 0 Å². The standard InChI is InChI=1S/C10H18F2N2O4/c1-17-9(15)13-4-3-8(7(5-11)6-12)14-10(16)18-2/h7-8H,3-6H2,1-2H3,(H,13,15)(H,14,16). The summed E-state index contributed by atoms with van der Waals surface area (Å²) in [5.41, 5.74) is 0. The second-order valence-corrected chi connectivity index (χ2v) is 3.52. The van der Waals surface area contributed by atoms with Crippen LogP contribution in [0.5, 0.6) is 0 Å². The summed E-state index contributed by atoms with van der Waals surface area (Å²) in [5.74, 6) is -0.969. The third-order valence-corrected chi connectivity index (χ3v) is 2.36. The molecule has 0 saturated heterocycles. The van der Waals surface area contributed by atoms with E-state index in [1.165, 1.54) is 7.11 Å². The van der Waals surface area contributed by atoms with Gasteiger partial charge in [-0.2, -0.15) is 0 Å². The summed E-state index contributed by atoms with van der Waals surface area (Å²) in [4.78, 5) is 21.8. The second-order valence-electron chi connectivity index (χ2n) is 3.52. The number of halogens is 2. The van der Waals surface area contributed by atoms with Crippen LogP contribution in [0.15, 0.2) is 0 Å². The number of alkyl carbamates (subject to hydrolysis) is 2. The monoisotopic (exact) mass is 268 g/mol. The van der Waals surface area contributed by atoms with Gasteiger partial charge in [0.05, 0.1) is 27.6 Å². The Morgan fingerprint density at radius 1 is 1.11 bits per heavy atom. The molecule has 1 atom stereocenters. The Labute approximate surface area is 104 Å². The third kappa shape index (κ3) is 6.21. The van der Waals surface area contributed by atoms with E-state index in [-0.39, 0.29) is 13.0 Å². The fourth-order valence-electron chi connectivity index (χ4n) is 1.29. The Kier molecular flexibility index (Phi) is 8.59. The van der Waals surface area contributed by atoms with Crippen molar-refractivity contribution >= 4 is 12.2 Å². The van der Waals surface area contributed by atoms with Gasteiger partial charge < -0.3 is 20.1 Å². The van der Waals surface area contributed by atoms with Crippen molar-refractivity contribution in [1.29, 1.82) is 0 Å². The van der Waals surface area contributed by atoms with Gasteiger partial charge in [-0.3, -0.25) is 8.78 Å². The highest BCUT2D eigenvalue weighted by molar-refractivity contribution is 5.67. The smallest absolute Gasteiger partial charge is 0.407 e. The fraction of sp³-hybridized carbons (Fsp3) is 0.800. The summed E-state index contributed by atoms with van der Waals surface area (Å²) in [6, 6.07) is -0.760. The minimum absolute atomic E-state index is 0.123. The average Bonchev–Trinajstić information content (AvgIpc) is 2.39. The number of alkyl halides is 2. The van der Waals surface area contributed by atoms with Crippen molar-refractivity contribution in [1.82, 2.24) is 10.6 Å². The molecule has 0 bridgehead atoms. The van der Waals surface area contributed by atoms with E-state index in [1.54, 1.807) is 0 Å². The minimum Gasteiger partial charge on any atom is -0.453 e. The van der Waals surface area contributed by atoms with Gasteiger partial charge >= 0.3 is 12.2 Å². The number of hydrogen-bond donors (Lipinski definition) is 2. The molecule has 0 fully saturated rings. The zero-order chi connectivity index (χ0) is 14.0. The lowest BCUT2D eigenvalue weighted by Crippen LogP contribution is -2.44. The van der Waals surface area contributed by atoms with Gasteiger partial charge in [0, 0.05) is 18.5 Å². The van der Waals surface area contributed by atoms with Crippen LogP contribution in [-0.4, -0.2) is 52.3 Å². The molecule has 0 aromatic rings. The number of carbonyl (C=O) groups excluding carboxylic acids is 2. The molecule has 0 aromatic carbocycles. The van der Waals surface area contributed by atoms with Crippen molar-refractivity contribution in [2.24, 2.45) is 5.92 Å². The van der Waals surface area contributed by atoms with Crippen LogP contribution in [0.3, 0.4) is 0 Å². The Balaban J connectivity index is 4.28. The number of rotatable bonds is 7. The maximum Gasteiger partial charge on any atom is 0.407 e. The molecule has 1 unspecified atom stereocenters. The number of hydrogen-bond acceptors (Lipinski definition) is 4. The second kappa shape index (κ2) is 9.43. The van der Waals surface area contributed by atoms with E-state index in [1.807, 2.05) is 0 Å². The lowest BCUT2D eigenvalue weighted by Gasteiger charge is -2.23. The molecular formula is C10H18F2N2O4. The summed E-state index contributed by atoms with van der Waals surface area (Å²) in [6.45, 7) is -1.70. The Morgan fingerprint density at radius 2 is 1.67 bits per heavy atom. The molecule has 0 aliphatic heterocycles. The van der Waals surface area contributed by atoms with Gasteiger partial charge in [-0.25, -0.2) is 9.59 Å². The van der Waals surface area contributed by atoms with E-state index in [9.17, 15) is 18.4 Å². The molecule has 0 aliphatic carbocycles. The number of methoxy groups -OCH3 is 2. The normalized spacial score (nSPS) is 11.8. The van der Waals surface area contributed by atoms with Crippen molar-refractivity contribution in [2.45, 2.75) is 12.5 Å². The maximum atomic E-state index is 12.6. The van der Waals surface area contributed by atoms with Crippen LogP contribution < -0.4 is 10.6 Å². The zero-order valence-corrected chi connectivity index (χ0v) is 10.4. The number of nitrogens with one attached hydrogen (secondary N) is 2. The highest BCUT2D eigenvalue weighted by Gasteiger charge is 2.23. The topological polar surface area (TPSA) is 76.7 Å². The zero-order valence-electron chi connectivity index (χ0n) is 10.4. The third-order valence-electron chi connectivity index (χ3n) is 2.36. The Bertz CT molecular complexity index is 262. The van der Waals surface area contributed by atoms with Crippen LogP contribution in [0.2, 0.25) is 0 Å². The largest absolute Gasteiger partial charge is 0.453 e. The molecule has 106 valence electrons. The van der Waals surface area contributed by atoms with E-state index in [2.05, 4.69) is 20.1 Å². The SMILES string of the molecule is COC(=O)NCCC(NC(=O)OC)C(CF)CF. The first-order chi connectivity index (χ1) is 8.58. The Hall–Kier alpha value is -1.60. The van der Waals surface area contributed by atoms with Gasteiger partial charge in [-0.15, -0.1) is 0 Å². The summed E-state index contributed by atoms with van der Waals surface area (Å²) < 4.78 is 33.8. The van der Waals surface area contributed by atoms with Crippen molar-refractivity contribution in [3.05, 3.63) is 0 Å². The first kappa shape index (κ1) is 16.4. The van der Waals surface area contributed by atoms with Gasteiger partial charge in [0.25, 0.3) is 0 Å². The van der Waals surface area contributed by atoms with Crippen LogP contribution in [0.1, 0.15) is 6.42 Å². The van der Waals surface area contributed by atoms with Crippen molar-refractivity contribution in [3.63, 3.8) is 0 Å². The molecule has 0 aliphatic rings. The van der Waals surface area contributed by atoms with E-state index in [4.69, 9.17) is 0 Å². The summed E-state index contributed by atoms with van der Waals surface area (Å²) >= 11 is 0. The molecule has 0 heterocycles. The number of ether oxygens (including phenoxy) is 2. The van der Waals surface area contributed by atoms with Gasteiger partial charge in [-0.05, 0) is 6.42 Å². The predicted molar refractivity (Wildman–Crippen MR) is 59.8 cm³/mol. The van der Waals surface area contributed by atoms with E-state index < -0.39 is 37.5 Å². The quantitative estimate of drug-likeness (QED) is 0.722. The summed E-state index contributed by atoms with van der Waals surface area (Å²) in [6.07, 6.45) is -1.25. The first-order valence-corrected chi connectivity index (χ1v) is 5.37. The van der Waals surface area contributed by atoms with Crippen LogP contribution in [0.4, 0.5) is 18.4 Å². The van der Waals surface area contributed by atoms with Gasteiger partial charge in [-0.1, -0.05) is 0 Å². The van der Waals surface area contributed by atoms with E-state index in [0.717, 1.165) is 7.11 Å². The average molecular weight is 268 g/mol. The van der Waals surface area contributed by atoms with Crippen LogP contribution >= 0.6 is 0 Å². The lowest BCUT2D eigenvalue weighted by atomic mass is 9.99.